The number of carbonyl (C=O) groups excluding carboxylic acids is 1. The van der Waals surface area contributed by atoms with Gasteiger partial charge in [-0.3, -0.25) is 4.79 Å². The van der Waals surface area contributed by atoms with E-state index in [0.717, 1.165) is 2.88 Å². The SMILES string of the molecule is COc1ccc(C(=O)c2csc(I)c2)c(Cl)c1. The summed E-state index contributed by atoms with van der Waals surface area (Å²) in [6.45, 7) is 0. The molecule has 0 aliphatic heterocycles. The molecule has 0 unspecified atom stereocenters. The third-order valence-electron chi connectivity index (χ3n) is 2.25. The van der Waals surface area contributed by atoms with Crippen LogP contribution in [0.2, 0.25) is 5.02 Å². The molecule has 0 N–H and O–H groups in total. The minimum absolute atomic E-state index is 0.0585. The quantitative estimate of drug-likeness (QED) is 0.590. The lowest BCUT2D eigenvalue weighted by Gasteiger charge is -2.04. The number of ether oxygens (including phenoxy) is 1. The lowest BCUT2D eigenvalue weighted by atomic mass is 10.1. The lowest BCUT2D eigenvalue weighted by molar-refractivity contribution is 0.103. The van der Waals surface area contributed by atoms with Gasteiger partial charge in [0.1, 0.15) is 5.75 Å². The Morgan fingerprint density at radius 1 is 1.41 bits per heavy atom. The van der Waals surface area contributed by atoms with Gasteiger partial charge in [0.15, 0.2) is 5.78 Å². The minimum atomic E-state index is -0.0585. The van der Waals surface area contributed by atoms with Gasteiger partial charge in [-0.1, -0.05) is 11.6 Å². The van der Waals surface area contributed by atoms with Crippen LogP contribution in [-0.4, -0.2) is 12.9 Å². The predicted octanol–water partition coefficient (Wildman–Crippen LogP) is 4.25. The minimum Gasteiger partial charge on any atom is -0.497 e. The molecule has 0 saturated heterocycles. The largest absolute Gasteiger partial charge is 0.497 e. The van der Waals surface area contributed by atoms with Gasteiger partial charge in [0, 0.05) is 16.5 Å². The first kappa shape index (κ1) is 12.9. The number of rotatable bonds is 3. The first-order valence-corrected chi connectivity index (χ1v) is 7.07. The van der Waals surface area contributed by atoms with Crippen LogP contribution in [0.3, 0.4) is 0 Å². The molecule has 0 saturated carbocycles. The number of hydrogen-bond donors (Lipinski definition) is 0. The highest BCUT2D eigenvalue weighted by atomic mass is 127. The molecular weight excluding hydrogens is 371 g/mol. The van der Waals surface area contributed by atoms with Gasteiger partial charge in [-0.15, -0.1) is 11.3 Å². The molecule has 0 amide bonds. The molecule has 0 bridgehead atoms. The van der Waals surface area contributed by atoms with E-state index >= 15 is 0 Å². The van der Waals surface area contributed by atoms with Crippen molar-refractivity contribution in [3.8, 4) is 5.75 Å². The van der Waals surface area contributed by atoms with Crippen LogP contribution in [0.1, 0.15) is 15.9 Å². The number of hydrogen-bond acceptors (Lipinski definition) is 3. The van der Waals surface area contributed by atoms with Crippen LogP contribution in [0.25, 0.3) is 0 Å². The van der Waals surface area contributed by atoms with Crippen LogP contribution in [0.15, 0.2) is 29.6 Å². The number of thiophene rings is 1. The highest BCUT2D eigenvalue weighted by Crippen LogP contribution is 2.26. The fraction of sp³-hybridized carbons (Fsp3) is 0.0833. The molecule has 5 heteroatoms. The Bertz CT molecular complexity index is 565. The zero-order valence-corrected chi connectivity index (χ0v) is 12.6. The third kappa shape index (κ3) is 2.81. The van der Waals surface area contributed by atoms with Crippen molar-refractivity contribution in [2.24, 2.45) is 0 Å². The second-order valence-corrected chi connectivity index (χ2v) is 6.53. The highest BCUT2D eigenvalue weighted by molar-refractivity contribution is 14.1. The van der Waals surface area contributed by atoms with Gasteiger partial charge in [0.2, 0.25) is 0 Å². The molecular formula is C12H8ClIO2S. The molecule has 2 nitrogen and oxygen atoms in total. The zero-order chi connectivity index (χ0) is 12.4. The Kier molecular flexibility index (Phi) is 4.06. The molecule has 0 aliphatic carbocycles. The molecule has 1 heterocycles. The van der Waals surface area contributed by atoms with Crippen molar-refractivity contribution in [2.45, 2.75) is 0 Å². The zero-order valence-electron chi connectivity index (χ0n) is 8.87. The molecule has 17 heavy (non-hydrogen) atoms. The number of carbonyl (C=O) groups is 1. The topological polar surface area (TPSA) is 26.3 Å². The molecule has 2 aromatic rings. The van der Waals surface area contributed by atoms with Crippen LogP contribution >= 0.6 is 45.5 Å². The number of ketones is 1. The van der Waals surface area contributed by atoms with Gasteiger partial charge in [0.25, 0.3) is 0 Å². The smallest absolute Gasteiger partial charge is 0.195 e. The fourth-order valence-corrected chi connectivity index (χ4v) is 2.97. The first-order valence-electron chi connectivity index (χ1n) is 4.74. The van der Waals surface area contributed by atoms with E-state index in [1.165, 1.54) is 11.3 Å². The Morgan fingerprint density at radius 3 is 2.71 bits per heavy atom. The summed E-state index contributed by atoms with van der Waals surface area (Å²) in [5, 5.41) is 2.25. The van der Waals surface area contributed by atoms with Crippen molar-refractivity contribution in [1.82, 2.24) is 0 Å². The first-order chi connectivity index (χ1) is 8.11. The second kappa shape index (κ2) is 5.37. The van der Waals surface area contributed by atoms with Gasteiger partial charge in [0.05, 0.1) is 15.0 Å². The number of halogens is 2. The summed E-state index contributed by atoms with van der Waals surface area (Å²) in [7, 11) is 1.56. The van der Waals surface area contributed by atoms with Crippen molar-refractivity contribution >= 4 is 51.3 Å². The maximum absolute atomic E-state index is 12.2. The van der Waals surface area contributed by atoms with Crippen molar-refractivity contribution in [1.29, 1.82) is 0 Å². The average molecular weight is 379 g/mol. The summed E-state index contributed by atoms with van der Waals surface area (Å²) in [5.74, 6) is 0.586. The summed E-state index contributed by atoms with van der Waals surface area (Å²) < 4.78 is 6.12. The van der Waals surface area contributed by atoms with Crippen molar-refractivity contribution in [3.05, 3.63) is 48.7 Å². The molecule has 0 fully saturated rings. The molecule has 1 aromatic carbocycles. The maximum atomic E-state index is 12.2. The number of benzene rings is 1. The third-order valence-corrected chi connectivity index (χ3v) is 4.35. The summed E-state index contributed by atoms with van der Waals surface area (Å²) in [6.07, 6.45) is 0. The van der Waals surface area contributed by atoms with Gasteiger partial charge in [-0.05, 0) is 46.9 Å². The van der Waals surface area contributed by atoms with Crippen molar-refractivity contribution < 1.29 is 9.53 Å². The Hall–Kier alpha value is -0.590. The Morgan fingerprint density at radius 2 is 2.18 bits per heavy atom. The molecule has 0 spiro atoms. The fourth-order valence-electron chi connectivity index (χ4n) is 1.39. The summed E-state index contributed by atoms with van der Waals surface area (Å²) >= 11 is 9.79. The van der Waals surface area contributed by atoms with Crippen LogP contribution in [0.4, 0.5) is 0 Å². The summed E-state index contributed by atoms with van der Waals surface area (Å²) in [5.41, 5.74) is 1.17. The van der Waals surface area contributed by atoms with E-state index in [-0.39, 0.29) is 5.78 Å². The molecule has 1 aromatic heterocycles. The lowest BCUT2D eigenvalue weighted by Crippen LogP contribution is -2.00. The molecule has 0 aliphatic rings. The van der Waals surface area contributed by atoms with Crippen LogP contribution in [0.5, 0.6) is 5.75 Å². The summed E-state index contributed by atoms with van der Waals surface area (Å²) in [4.78, 5) is 12.2. The van der Waals surface area contributed by atoms with Gasteiger partial charge < -0.3 is 4.74 Å². The number of methoxy groups -OCH3 is 1. The van der Waals surface area contributed by atoms with Crippen molar-refractivity contribution in [3.63, 3.8) is 0 Å². The molecule has 88 valence electrons. The van der Waals surface area contributed by atoms with Gasteiger partial charge >= 0.3 is 0 Å². The van der Waals surface area contributed by atoms with E-state index < -0.39 is 0 Å². The molecule has 2 rings (SSSR count). The van der Waals surface area contributed by atoms with Gasteiger partial charge in [-0.2, -0.15) is 0 Å². The normalized spacial score (nSPS) is 10.3. The van der Waals surface area contributed by atoms with Crippen LogP contribution in [0, 0.1) is 2.88 Å². The van der Waals surface area contributed by atoms with E-state index in [4.69, 9.17) is 16.3 Å². The van der Waals surface area contributed by atoms with E-state index in [1.807, 2.05) is 11.4 Å². The van der Waals surface area contributed by atoms with E-state index in [1.54, 1.807) is 25.3 Å². The Balaban J connectivity index is 2.37. The predicted molar refractivity (Wildman–Crippen MR) is 78.5 cm³/mol. The average Bonchev–Trinajstić information content (AvgIpc) is 2.75. The van der Waals surface area contributed by atoms with E-state index in [0.29, 0.717) is 21.9 Å². The van der Waals surface area contributed by atoms with Gasteiger partial charge in [-0.25, -0.2) is 0 Å². The van der Waals surface area contributed by atoms with E-state index in [2.05, 4.69) is 22.6 Å². The van der Waals surface area contributed by atoms with Crippen molar-refractivity contribution in [2.75, 3.05) is 7.11 Å². The second-order valence-electron chi connectivity index (χ2n) is 3.31. The molecule has 0 atom stereocenters. The standard InChI is InChI=1S/C12H8ClIO2S/c1-16-8-2-3-9(10(13)5-8)12(15)7-4-11(14)17-6-7/h2-6H,1H3. The van der Waals surface area contributed by atoms with Crippen LogP contribution in [-0.2, 0) is 0 Å². The summed E-state index contributed by atoms with van der Waals surface area (Å²) in [6, 6.07) is 6.92. The highest BCUT2D eigenvalue weighted by Gasteiger charge is 2.14. The van der Waals surface area contributed by atoms with Crippen LogP contribution < -0.4 is 4.74 Å². The Labute approximate surface area is 122 Å². The monoisotopic (exact) mass is 378 g/mol. The molecule has 0 radical (unpaired) electrons. The van der Waals surface area contributed by atoms with E-state index in [9.17, 15) is 4.79 Å². The maximum Gasteiger partial charge on any atom is 0.195 e.